The van der Waals surface area contributed by atoms with Crippen molar-refractivity contribution in [3.8, 4) is 0 Å². The standard InChI is InChI=1S/C21H27F2N5O3/c1-12(29)27-8-5-14(6-9-27)25-20-24-11-13-10-15(17(22)23)19(30)28(18(13)26-20)16-4-3-7-21(16,2)31/h10-11,14,16-17,31H,3-9H2,1-2H3,(H,24,25,26)/t16-,21-/m1/s1. The van der Waals surface area contributed by atoms with Crippen LogP contribution >= 0.6 is 0 Å². The van der Waals surface area contributed by atoms with Crippen molar-refractivity contribution in [3.05, 3.63) is 28.2 Å². The lowest BCUT2D eigenvalue weighted by Gasteiger charge is -2.32. The first-order valence-corrected chi connectivity index (χ1v) is 10.6. The highest BCUT2D eigenvalue weighted by atomic mass is 19.3. The van der Waals surface area contributed by atoms with Crippen LogP contribution in [-0.2, 0) is 4.79 Å². The highest BCUT2D eigenvalue weighted by Crippen LogP contribution is 2.39. The Balaban J connectivity index is 1.71. The molecule has 0 bridgehead atoms. The number of rotatable bonds is 4. The Labute approximate surface area is 178 Å². The number of carbonyl (C=O) groups is 1. The van der Waals surface area contributed by atoms with Crippen LogP contribution < -0.4 is 10.9 Å². The summed E-state index contributed by atoms with van der Waals surface area (Å²) in [6, 6.07) is 0.559. The van der Waals surface area contributed by atoms with Crippen LogP contribution in [0, 0.1) is 0 Å². The molecule has 2 N–H and O–H groups in total. The van der Waals surface area contributed by atoms with Gasteiger partial charge in [-0.05, 0) is 45.1 Å². The molecule has 8 nitrogen and oxygen atoms in total. The van der Waals surface area contributed by atoms with Crippen molar-refractivity contribution >= 4 is 22.9 Å². The molecule has 31 heavy (non-hydrogen) atoms. The molecule has 3 heterocycles. The van der Waals surface area contributed by atoms with Crippen molar-refractivity contribution in [2.45, 2.75) is 70.1 Å². The van der Waals surface area contributed by atoms with Gasteiger partial charge in [-0.25, -0.2) is 13.8 Å². The molecule has 0 aromatic carbocycles. The maximum atomic E-state index is 13.5. The molecule has 1 saturated heterocycles. The third-order valence-corrected chi connectivity index (χ3v) is 6.50. The third kappa shape index (κ3) is 4.13. The van der Waals surface area contributed by atoms with Crippen LogP contribution in [0.2, 0.25) is 0 Å². The Kier molecular flexibility index (Phi) is 5.67. The fraction of sp³-hybridized carbons (Fsp3) is 0.619. The molecule has 1 aliphatic carbocycles. The summed E-state index contributed by atoms with van der Waals surface area (Å²) in [4.78, 5) is 35.0. The summed E-state index contributed by atoms with van der Waals surface area (Å²) >= 11 is 0. The molecular formula is C21H27F2N5O3. The van der Waals surface area contributed by atoms with Crippen LogP contribution in [0.5, 0.6) is 0 Å². The zero-order valence-corrected chi connectivity index (χ0v) is 17.6. The number of anilines is 1. The first-order chi connectivity index (χ1) is 14.7. The number of aliphatic hydroxyl groups is 1. The van der Waals surface area contributed by atoms with E-state index in [0.29, 0.717) is 43.7 Å². The fourth-order valence-corrected chi connectivity index (χ4v) is 4.72. The summed E-state index contributed by atoms with van der Waals surface area (Å²) in [7, 11) is 0. The van der Waals surface area contributed by atoms with Crippen LogP contribution in [0.4, 0.5) is 14.7 Å². The highest BCUT2D eigenvalue weighted by molar-refractivity contribution is 5.76. The van der Waals surface area contributed by atoms with Gasteiger partial charge in [-0.1, -0.05) is 0 Å². The van der Waals surface area contributed by atoms with Gasteiger partial charge in [-0.2, -0.15) is 4.98 Å². The SMILES string of the molecule is CC(=O)N1CCC(Nc2ncc3cc(C(F)F)c(=O)n([C@@H]4CCC[C@@]4(C)O)c3n2)CC1. The van der Waals surface area contributed by atoms with E-state index >= 15 is 0 Å². The maximum Gasteiger partial charge on any atom is 0.269 e. The predicted molar refractivity (Wildman–Crippen MR) is 111 cm³/mol. The number of alkyl halides is 2. The molecule has 2 aromatic rings. The molecule has 2 aliphatic rings. The number of nitrogens with one attached hydrogen (secondary N) is 1. The van der Waals surface area contributed by atoms with Gasteiger partial charge in [0.25, 0.3) is 12.0 Å². The van der Waals surface area contributed by atoms with E-state index < -0.39 is 29.2 Å². The van der Waals surface area contributed by atoms with Gasteiger partial charge < -0.3 is 15.3 Å². The van der Waals surface area contributed by atoms with E-state index in [1.165, 1.54) is 10.8 Å². The molecule has 1 amide bonds. The minimum Gasteiger partial charge on any atom is -0.388 e. The second-order valence-electron chi connectivity index (χ2n) is 8.74. The lowest BCUT2D eigenvalue weighted by atomic mass is 9.99. The number of amides is 1. The third-order valence-electron chi connectivity index (χ3n) is 6.50. The molecule has 0 unspecified atom stereocenters. The summed E-state index contributed by atoms with van der Waals surface area (Å²) < 4.78 is 28.3. The van der Waals surface area contributed by atoms with Crippen molar-refractivity contribution in [1.82, 2.24) is 19.4 Å². The first-order valence-electron chi connectivity index (χ1n) is 10.6. The largest absolute Gasteiger partial charge is 0.388 e. The van der Waals surface area contributed by atoms with Gasteiger partial charge in [-0.3, -0.25) is 14.2 Å². The van der Waals surface area contributed by atoms with Crippen molar-refractivity contribution in [1.29, 1.82) is 0 Å². The van der Waals surface area contributed by atoms with Gasteiger partial charge in [-0.15, -0.1) is 0 Å². The molecule has 1 saturated carbocycles. The Morgan fingerprint density at radius 3 is 2.61 bits per heavy atom. The number of nitrogens with zero attached hydrogens (tertiary/aromatic N) is 4. The summed E-state index contributed by atoms with van der Waals surface area (Å²) in [5.74, 6) is 0.340. The smallest absolute Gasteiger partial charge is 0.269 e. The van der Waals surface area contributed by atoms with Gasteiger partial charge in [0.05, 0.1) is 17.2 Å². The minimum absolute atomic E-state index is 0.0443. The molecule has 10 heteroatoms. The lowest BCUT2D eigenvalue weighted by molar-refractivity contribution is -0.129. The highest BCUT2D eigenvalue weighted by Gasteiger charge is 2.40. The number of halogens is 2. The number of aromatic nitrogens is 3. The van der Waals surface area contributed by atoms with E-state index in [2.05, 4.69) is 15.3 Å². The van der Waals surface area contributed by atoms with Crippen LogP contribution in [-0.4, -0.2) is 55.2 Å². The Hall–Kier alpha value is -2.62. The zero-order valence-electron chi connectivity index (χ0n) is 17.6. The van der Waals surface area contributed by atoms with Crippen molar-refractivity contribution in [2.75, 3.05) is 18.4 Å². The quantitative estimate of drug-likeness (QED) is 0.766. The number of likely N-dealkylation sites (tertiary alicyclic amines) is 1. The van der Waals surface area contributed by atoms with Crippen molar-refractivity contribution in [2.24, 2.45) is 0 Å². The molecule has 1 aliphatic heterocycles. The number of piperidine rings is 1. The summed E-state index contributed by atoms with van der Waals surface area (Å²) in [5, 5.41) is 14.4. The average molecular weight is 435 g/mol. The summed E-state index contributed by atoms with van der Waals surface area (Å²) in [5.41, 5.74) is -2.39. The Morgan fingerprint density at radius 1 is 1.32 bits per heavy atom. The summed E-state index contributed by atoms with van der Waals surface area (Å²) in [6.45, 7) is 4.44. The molecule has 0 radical (unpaired) electrons. The molecule has 2 fully saturated rings. The molecular weight excluding hydrogens is 408 g/mol. The molecule has 2 atom stereocenters. The number of carbonyl (C=O) groups excluding carboxylic acids is 1. The lowest BCUT2D eigenvalue weighted by Crippen LogP contribution is -2.41. The molecule has 168 valence electrons. The van der Waals surface area contributed by atoms with Crippen LogP contribution in [0.3, 0.4) is 0 Å². The zero-order chi connectivity index (χ0) is 22.3. The Morgan fingerprint density at radius 2 is 2.03 bits per heavy atom. The van der Waals surface area contributed by atoms with E-state index in [-0.39, 0.29) is 17.6 Å². The molecule has 0 spiro atoms. The van der Waals surface area contributed by atoms with E-state index in [9.17, 15) is 23.5 Å². The topological polar surface area (TPSA) is 100 Å². The van der Waals surface area contributed by atoms with E-state index in [1.807, 2.05) is 0 Å². The van der Waals surface area contributed by atoms with Crippen molar-refractivity contribution < 1.29 is 18.7 Å². The first kappa shape index (κ1) is 21.6. The molecule has 4 rings (SSSR count). The van der Waals surface area contributed by atoms with Crippen molar-refractivity contribution in [3.63, 3.8) is 0 Å². The normalized spacial score (nSPS) is 24.8. The Bertz CT molecular complexity index is 1050. The predicted octanol–water partition coefficient (Wildman–Crippen LogP) is 2.63. The summed E-state index contributed by atoms with van der Waals surface area (Å²) in [6.07, 6.45) is 1.64. The monoisotopic (exact) mass is 435 g/mol. The second-order valence-corrected chi connectivity index (χ2v) is 8.74. The average Bonchev–Trinajstić information content (AvgIpc) is 3.06. The minimum atomic E-state index is -2.93. The van der Waals surface area contributed by atoms with E-state index in [1.54, 1.807) is 18.7 Å². The second kappa shape index (κ2) is 8.14. The van der Waals surface area contributed by atoms with Crippen LogP contribution in [0.1, 0.15) is 64.0 Å². The maximum absolute atomic E-state index is 13.5. The number of fused-ring (bicyclic) bond motifs is 1. The van der Waals surface area contributed by atoms with Gasteiger partial charge in [0.2, 0.25) is 11.9 Å². The van der Waals surface area contributed by atoms with E-state index in [0.717, 1.165) is 18.9 Å². The van der Waals surface area contributed by atoms with E-state index in [4.69, 9.17) is 0 Å². The van der Waals surface area contributed by atoms with Crippen LogP contribution in [0.15, 0.2) is 17.1 Å². The number of pyridine rings is 1. The molecule has 2 aromatic heterocycles. The number of hydrogen-bond acceptors (Lipinski definition) is 6. The van der Waals surface area contributed by atoms with Gasteiger partial charge in [0, 0.05) is 37.6 Å². The van der Waals surface area contributed by atoms with Crippen LogP contribution in [0.25, 0.3) is 11.0 Å². The fourth-order valence-electron chi connectivity index (χ4n) is 4.72. The van der Waals surface area contributed by atoms with Gasteiger partial charge in [0.15, 0.2) is 0 Å². The van der Waals surface area contributed by atoms with Gasteiger partial charge >= 0.3 is 0 Å². The number of hydrogen-bond donors (Lipinski definition) is 2. The van der Waals surface area contributed by atoms with Gasteiger partial charge in [0.1, 0.15) is 5.65 Å².